The molecule has 0 spiro atoms. The second-order valence-corrected chi connectivity index (χ2v) is 2.91. The number of piperazine rings is 1. The van der Waals surface area contributed by atoms with E-state index >= 15 is 0 Å². The van der Waals surface area contributed by atoms with Gasteiger partial charge < -0.3 is 25.9 Å². The average molecular weight is 218 g/mol. The predicted molar refractivity (Wildman–Crippen MR) is 51.4 cm³/mol. The van der Waals surface area contributed by atoms with Crippen molar-refractivity contribution < 1.29 is 25.3 Å². The molecule has 0 atom stereocenters. The number of aliphatic carboxylic acids is 2. The summed E-state index contributed by atoms with van der Waals surface area (Å²) in [6.07, 6.45) is 0.730. The van der Waals surface area contributed by atoms with Crippen LogP contribution in [0.3, 0.4) is 0 Å². The Labute approximate surface area is 86.3 Å². The van der Waals surface area contributed by atoms with E-state index < -0.39 is 11.9 Å². The Hall–Kier alpha value is -1.60. The summed E-state index contributed by atoms with van der Waals surface area (Å²) in [6, 6.07) is 0. The van der Waals surface area contributed by atoms with Crippen molar-refractivity contribution in [3.63, 3.8) is 0 Å². The fourth-order valence-electron chi connectivity index (χ4n) is 1.31. The zero-order chi connectivity index (χ0) is 10.6. The first kappa shape index (κ1) is 13.4. The second-order valence-electron chi connectivity index (χ2n) is 2.91. The summed E-state index contributed by atoms with van der Waals surface area (Å²) in [5.41, 5.74) is -0.154. The van der Waals surface area contributed by atoms with Crippen molar-refractivity contribution in [2.75, 3.05) is 26.2 Å². The smallest absolute Gasteiger partial charge is 0.352 e. The molecule has 0 unspecified atom stereocenters. The maximum atomic E-state index is 10.7. The molecule has 7 heteroatoms. The van der Waals surface area contributed by atoms with Crippen LogP contribution in [0.1, 0.15) is 0 Å². The van der Waals surface area contributed by atoms with Gasteiger partial charge in [-0.05, 0) is 0 Å². The van der Waals surface area contributed by atoms with E-state index in [1.165, 1.54) is 0 Å². The number of hydrogen-bond acceptors (Lipinski definition) is 4. The number of nitrogens with zero attached hydrogens (tertiary/aromatic N) is 1. The zero-order valence-corrected chi connectivity index (χ0v) is 8.06. The molecular formula is C8H14N2O5. The van der Waals surface area contributed by atoms with Crippen molar-refractivity contribution in [3.05, 3.63) is 11.8 Å². The molecule has 0 radical (unpaired) electrons. The molecular weight excluding hydrogens is 204 g/mol. The molecule has 0 saturated carbocycles. The standard InChI is InChI=1S/C8H12N2O4.H2O/c11-7(12)5-6(8(13)14)10-3-1-9-2-4-10;/h5,9H,1-4H2,(H,11,12)(H,13,14);1H2/b6-5-;. The number of carboxylic acid groups (broad SMARTS) is 2. The van der Waals surface area contributed by atoms with Crippen LogP contribution < -0.4 is 5.32 Å². The minimum absolute atomic E-state index is 0. The van der Waals surface area contributed by atoms with Gasteiger partial charge in [-0.15, -0.1) is 0 Å². The van der Waals surface area contributed by atoms with Crippen LogP contribution in [0, 0.1) is 0 Å². The van der Waals surface area contributed by atoms with Crippen LogP contribution in [-0.2, 0) is 9.59 Å². The van der Waals surface area contributed by atoms with Gasteiger partial charge in [-0.3, -0.25) is 0 Å². The molecule has 1 rings (SSSR count). The average Bonchev–Trinajstić information content (AvgIpc) is 2.15. The summed E-state index contributed by atoms with van der Waals surface area (Å²) in [5, 5.41) is 20.3. The first-order valence-electron chi connectivity index (χ1n) is 4.25. The van der Waals surface area contributed by atoms with Gasteiger partial charge in [0.25, 0.3) is 0 Å². The molecule has 86 valence electrons. The Morgan fingerprint density at radius 1 is 1.20 bits per heavy atom. The Morgan fingerprint density at radius 2 is 1.73 bits per heavy atom. The molecule has 5 N–H and O–H groups in total. The molecule has 0 bridgehead atoms. The summed E-state index contributed by atoms with van der Waals surface area (Å²) in [5.74, 6) is -2.43. The Kier molecular flexibility index (Phi) is 5.35. The van der Waals surface area contributed by atoms with Crippen LogP contribution in [0.4, 0.5) is 0 Å². The minimum atomic E-state index is -1.24. The number of carbonyl (C=O) groups is 2. The van der Waals surface area contributed by atoms with Gasteiger partial charge in [-0.25, -0.2) is 9.59 Å². The van der Waals surface area contributed by atoms with Gasteiger partial charge in [0.05, 0.1) is 6.08 Å². The monoisotopic (exact) mass is 218 g/mol. The Balaban J connectivity index is 0.00000196. The van der Waals surface area contributed by atoms with E-state index in [0.29, 0.717) is 26.2 Å². The molecule has 1 aliphatic rings. The van der Waals surface area contributed by atoms with E-state index in [1.807, 2.05) is 0 Å². The van der Waals surface area contributed by atoms with E-state index in [2.05, 4.69) is 5.32 Å². The van der Waals surface area contributed by atoms with E-state index in [-0.39, 0.29) is 11.2 Å². The Morgan fingerprint density at radius 3 is 2.13 bits per heavy atom. The molecule has 0 amide bonds. The summed E-state index contributed by atoms with van der Waals surface area (Å²) < 4.78 is 0. The molecule has 1 saturated heterocycles. The van der Waals surface area contributed by atoms with E-state index in [9.17, 15) is 9.59 Å². The van der Waals surface area contributed by atoms with Crippen molar-refractivity contribution in [1.82, 2.24) is 10.2 Å². The second kappa shape index (κ2) is 5.99. The van der Waals surface area contributed by atoms with Crippen LogP contribution >= 0.6 is 0 Å². The van der Waals surface area contributed by atoms with Gasteiger partial charge in [-0.1, -0.05) is 0 Å². The van der Waals surface area contributed by atoms with Crippen molar-refractivity contribution in [2.24, 2.45) is 0 Å². The van der Waals surface area contributed by atoms with E-state index in [4.69, 9.17) is 10.2 Å². The zero-order valence-electron chi connectivity index (χ0n) is 8.06. The van der Waals surface area contributed by atoms with Crippen LogP contribution in [0.25, 0.3) is 0 Å². The van der Waals surface area contributed by atoms with Gasteiger partial charge in [0.2, 0.25) is 0 Å². The predicted octanol–water partition coefficient (Wildman–Crippen LogP) is -1.88. The summed E-state index contributed by atoms with van der Waals surface area (Å²) >= 11 is 0. The van der Waals surface area contributed by atoms with Crippen LogP contribution in [0.15, 0.2) is 11.8 Å². The lowest BCUT2D eigenvalue weighted by Crippen LogP contribution is -2.44. The molecule has 1 aliphatic heterocycles. The van der Waals surface area contributed by atoms with Crippen LogP contribution in [-0.4, -0.2) is 58.7 Å². The van der Waals surface area contributed by atoms with Crippen molar-refractivity contribution >= 4 is 11.9 Å². The third-order valence-electron chi connectivity index (χ3n) is 1.94. The largest absolute Gasteiger partial charge is 0.478 e. The highest BCUT2D eigenvalue weighted by Crippen LogP contribution is 2.05. The molecule has 15 heavy (non-hydrogen) atoms. The normalized spacial score (nSPS) is 16.8. The highest BCUT2D eigenvalue weighted by Gasteiger charge is 2.19. The maximum absolute atomic E-state index is 10.7. The van der Waals surface area contributed by atoms with Gasteiger partial charge >= 0.3 is 11.9 Å². The fraction of sp³-hybridized carbons (Fsp3) is 0.500. The lowest BCUT2D eigenvalue weighted by molar-refractivity contribution is -0.136. The maximum Gasteiger partial charge on any atom is 0.352 e. The fourth-order valence-corrected chi connectivity index (χ4v) is 1.31. The van der Waals surface area contributed by atoms with E-state index in [1.54, 1.807) is 4.90 Å². The van der Waals surface area contributed by atoms with Gasteiger partial charge in [-0.2, -0.15) is 0 Å². The molecule has 0 aromatic carbocycles. The molecule has 0 aliphatic carbocycles. The van der Waals surface area contributed by atoms with Crippen molar-refractivity contribution in [2.45, 2.75) is 0 Å². The SMILES string of the molecule is O.O=C(O)/C=C(/C(=O)O)N1CCNCC1. The highest BCUT2D eigenvalue weighted by molar-refractivity contribution is 5.94. The lowest BCUT2D eigenvalue weighted by atomic mass is 10.3. The van der Waals surface area contributed by atoms with Crippen LogP contribution in [0.2, 0.25) is 0 Å². The number of hydrogen-bond donors (Lipinski definition) is 3. The third-order valence-corrected chi connectivity index (χ3v) is 1.94. The summed E-state index contributed by atoms with van der Waals surface area (Å²) in [7, 11) is 0. The minimum Gasteiger partial charge on any atom is -0.478 e. The lowest BCUT2D eigenvalue weighted by Gasteiger charge is -2.29. The van der Waals surface area contributed by atoms with Gasteiger partial charge in [0.1, 0.15) is 5.70 Å². The topological polar surface area (TPSA) is 121 Å². The van der Waals surface area contributed by atoms with Gasteiger partial charge in [0.15, 0.2) is 0 Å². The molecule has 1 heterocycles. The first-order valence-corrected chi connectivity index (χ1v) is 4.25. The quantitative estimate of drug-likeness (QED) is 0.476. The Bertz CT molecular complexity index is 270. The summed E-state index contributed by atoms with van der Waals surface area (Å²) in [6.45, 7) is 2.38. The molecule has 0 aromatic rings. The molecule has 7 nitrogen and oxygen atoms in total. The number of nitrogens with one attached hydrogen (secondary N) is 1. The van der Waals surface area contributed by atoms with Crippen LogP contribution in [0.5, 0.6) is 0 Å². The third kappa shape index (κ3) is 3.96. The summed E-state index contributed by atoms with van der Waals surface area (Å²) in [4.78, 5) is 22.7. The molecule has 0 aromatic heterocycles. The van der Waals surface area contributed by atoms with Crippen molar-refractivity contribution in [3.8, 4) is 0 Å². The highest BCUT2D eigenvalue weighted by atomic mass is 16.4. The van der Waals surface area contributed by atoms with Crippen molar-refractivity contribution in [1.29, 1.82) is 0 Å². The number of carboxylic acids is 2. The van der Waals surface area contributed by atoms with Gasteiger partial charge in [0, 0.05) is 26.2 Å². The van der Waals surface area contributed by atoms with E-state index in [0.717, 1.165) is 6.08 Å². The number of rotatable bonds is 3. The molecule has 1 fully saturated rings. The first-order chi connectivity index (χ1) is 6.61.